The molecule has 5 heteroatoms. The van der Waals surface area contributed by atoms with E-state index in [0.29, 0.717) is 12.6 Å². The zero-order valence-electron chi connectivity index (χ0n) is 10.8. The molecular formula is C14H19NO3S. The van der Waals surface area contributed by atoms with E-state index in [9.17, 15) is 4.79 Å². The molecule has 1 aromatic rings. The van der Waals surface area contributed by atoms with Crippen molar-refractivity contribution in [3.8, 4) is 0 Å². The number of aliphatic hydroxyl groups is 1. The van der Waals surface area contributed by atoms with Crippen LogP contribution in [0.1, 0.15) is 29.7 Å². The van der Waals surface area contributed by atoms with E-state index in [1.807, 2.05) is 11.4 Å². The summed E-state index contributed by atoms with van der Waals surface area (Å²) in [5.74, 6) is -0.927. The first-order valence-electron chi connectivity index (χ1n) is 6.52. The Kier molecular flexibility index (Phi) is 5.13. The van der Waals surface area contributed by atoms with E-state index < -0.39 is 5.97 Å². The summed E-state index contributed by atoms with van der Waals surface area (Å²) in [6.07, 6.45) is 6.49. The topological polar surface area (TPSA) is 60.8 Å². The summed E-state index contributed by atoms with van der Waals surface area (Å²) >= 11 is 1.64. The molecule has 0 aliphatic heterocycles. The molecule has 0 unspecified atom stereocenters. The van der Waals surface area contributed by atoms with Crippen LogP contribution in [0.5, 0.6) is 0 Å². The monoisotopic (exact) mass is 281 g/mol. The molecule has 1 aromatic heterocycles. The molecule has 2 rings (SSSR count). The summed E-state index contributed by atoms with van der Waals surface area (Å²) in [5, 5.41) is 19.7. The molecule has 0 amide bonds. The lowest BCUT2D eigenvalue weighted by Crippen LogP contribution is -2.41. The number of carbonyl (C=O) groups is 1. The summed E-state index contributed by atoms with van der Waals surface area (Å²) in [6, 6.07) is 2.62. The minimum atomic E-state index is -0.927. The third-order valence-electron chi connectivity index (χ3n) is 3.43. The zero-order valence-corrected chi connectivity index (χ0v) is 11.6. The Morgan fingerprint density at radius 2 is 2.32 bits per heavy atom. The van der Waals surface area contributed by atoms with Crippen LogP contribution in [-0.4, -0.2) is 40.3 Å². The molecule has 104 valence electrons. The van der Waals surface area contributed by atoms with Crippen LogP contribution in [0.4, 0.5) is 0 Å². The summed E-state index contributed by atoms with van der Waals surface area (Å²) in [4.78, 5) is 14.0. The molecule has 1 saturated carbocycles. The minimum Gasteiger partial charge on any atom is -0.478 e. The Hall–Kier alpha value is -1.17. The largest absolute Gasteiger partial charge is 0.478 e. The molecule has 1 aliphatic rings. The number of aliphatic hydroxyl groups excluding tert-OH is 1. The number of carboxylic acid groups (broad SMARTS) is 1. The highest BCUT2D eigenvalue weighted by molar-refractivity contribution is 7.10. The van der Waals surface area contributed by atoms with E-state index in [2.05, 4.69) is 4.90 Å². The average Bonchev–Trinajstić information content (AvgIpc) is 2.72. The van der Waals surface area contributed by atoms with Crippen LogP contribution < -0.4 is 0 Å². The first kappa shape index (κ1) is 14.2. The minimum absolute atomic E-state index is 0.188. The second-order valence-electron chi connectivity index (χ2n) is 4.80. The van der Waals surface area contributed by atoms with E-state index in [4.69, 9.17) is 10.2 Å². The van der Waals surface area contributed by atoms with E-state index in [1.165, 1.54) is 24.1 Å². The summed E-state index contributed by atoms with van der Waals surface area (Å²) in [5.41, 5.74) is 0.931. The highest BCUT2D eigenvalue weighted by Crippen LogP contribution is 2.27. The predicted molar refractivity (Wildman–Crippen MR) is 76.1 cm³/mol. The standard InChI is InChI=1S/C14H19NO3S/c16-7-6-15(12-2-1-3-12)9-13-8-11(10-19-13)4-5-14(17)18/h4-5,8,10,12,16H,1-3,6-7,9H2,(H,17,18)/b5-4+. The van der Waals surface area contributed by atoms with Crippen molar-refractivity contribution in [2.75, 3.05) is 13.2 Å². The van der Waals surface area contributed by atoms with Crippen molar-refractivity contribution < 1.29 is 15.0 Å². The first-order chi connectivity index (χ1) is 9.19. The van der Waals surface area contributed by atoms with Gasteiger partial charge in [0.15, 0.2) is 0 Å². The van der Waals surface area contributed by atoms with Gasteiger partial charge in [0.2, 0.25) is 0 Å². The molecule has 0 aromatic carbocycles. The Morgan fingerprint density at radius 3 is 2.89 bits per heavy atom. The van der Waals surface area contributed by atoms with Gasteiger partial charge >= 0.3 is 5.97 Å². The van der Waals surface area contributed by atoms with E-state index in [-0.39, 0.29) is 6.61 Å². The van der Waals surface area contributed by atoms with Gasteiger partial charge in [-0.15, -0.1) is 11.3 Å². The summed E-state index contributed by atoms with van der Waals surface area (Å²) in [7, 11) is 0. The lowest BCUT2D eigenvalue weighted by molar-refractivity contribution is -0.131. The molecule has 0 radical (unpaired) electrons. The van der Waals surface area contributed by atoms with Gasteiger partial charge in [-0.3, -0.25) is 4.90 Å². The number of aliphatic carboxylic acids is 1. The molecule has 4 nitrogen and oxygen atoms in total. The van der Waals surface area contributed by atoms with E-state index in [0.717, 1.165) is 18.2 Å². The fraction of sp³-hybridized carbons (Fsp3) is 0.500. The molecule has 1 heterocycles. The molecule has 2 N–H and O–H groups in total. The maximum Gasteiger partial charge on any atom is 0.328 e. The lowest BCUT2D eigenvalue weighted by atomic mass is 9.91. The highest BCUT2D eigenvalue weighted by Gasteiger charge is 2.24. The quantitative estimate of drug-likeness (QED) is 0.752. The van der Waals surface area contributed by atoms with Crippen LogP contribution in [0.2, 0.25) is 0 Å². The first-order valence-corrected chi connectivity index (χ1v) is 7.40. The number of carboxylic acids is 1. The molecule has 0 bridgehead atoms. The van der Waals surface area contributed by atoms with Crippen LogP contribution in [0, 0.1) is 0 Å². The Morgan fingerprint density at radius 1 is 1.53 bits per heavy atom. The number of hydrogen-bond donors (Lipinski definition) is 2. The lowest BCUT2D eigenvalue weighted by Gasteiger charge is -2.37. The molecule has 19 heavy (non-hydrogen) atoms. The van der Waals surface area contributed by atoms with Gasteiger partial charge in [0, 0.05) is 30.1 Å². The van der Waals surface area contributed by atoms with Crippen molar-refractivity contribution in [1.29, 1.82) is 0 Å². The number of nitrogens with zero attached hydrogens (tertiary/aromatic N) is 1. The molecule has 0 spiro atoms. The van der Waals surface area contributed by atoms with E-state index in [1.54, 1.807) is 17.4 Å². The van der Waals surface area contributed by atoms with Gasteiger partial charge in [0.05, 0.1) is 6.61 Å². The Labute approximate surface area is 117 Å². The summed E-state index contributed by atoms with van der Waals surface area (Å²) in [6.45, 7) is 1.74. The number of rotatable bonds is 7. The third-order valence-corrected chi connectivity index (χ3v) is 4.37. The van der Waals surface area contributed by atoms with Gasteiger partial charge in [0.25, 0.3) is 0 Å². The van der Waals surface area contributed by atoms with Crippen LogP contribution in [0.25, 0.3) is 6.08 Å². The van der Waals surface area contributed by atoms with Crippen LogP contribution in [0.15, 0.2) is 17.5 Å². The normalized spacial score (nSPS) is 16.1. The van der Waals surface area contributed by atoms with Crippen molar-refractivity contribution in [3.63, 3.8) is 0 Å². The Bertz CT molecular complexity index is 451. The molecule has 0 atom stereocenters. The summed E-state index contributed by atoms with van der Waals surface area (Å²) < 4.78 is 0. The maximum absolute atomic E-state index is 10.5. The molecule has 0 saturated heterocycles. The maximum atomic E-state index is 10.5. The van der Waals surface area contributed by atoms with Crippen LogP contribution in [0.3, 0.4) is 0 Å². The predicted octanol–water partition coefficient (Wildman–Crippen LogP) is 2.19. The SMILES string of the molecule is O=C(O)/C=C/c1csc(CN(CCO)C2CCC2)c1. The molecular weight excluding hydrogens is 262 g/mol. The van der Waals surface area contributed by atoms with Crippen molar-refractivity contribution in [2.24, 2.45) is 0 Å². The second-order valence-corrected chi connectivity index (χ2v) is 5.79. The second kappa shape index (κ2) is 6.84. The third kappa shape index (κ3) is 4.16. The van der Waals surface area contributed by atoms with Gasteiger partial charge in [-0.05, 0) is 35.9 Å². The van der Waals surface area contributed by atoms with Crippen molar-refractivity contribution >= 4 is 23.4 Å². The zero-order chi connectivity index (χ0) is 13.7. The fourth-order valence-electron chi connectivity index (χ4n) is 2.21. The van der Waals surface area contributed by atoms with Gasteiger partial charge in [0.1, 0.15) is 0 Å². The van der Waals surface area contributed by atoms with Gasteiger partial charge in [-0.1, -0.05) is 6.42 Å². The Balaban J connectivity index is 1.95. The van der Waals surface area contributed by atoms with Gasteiger partial charge in [-0.25, -0.2) is 4.79 Å². The molecule has 1 aliphatic carbocycles. The number of thiophene rings is 1. The highest BCUT2D eigenvalue weighted by atomic mass is 32.1. The van der Waals surface area contributed by atoms with Crippen molar-refractivity contribution in [3.05, 3.63) is 28.0 Å². The van der Waals surface area contributed by atoms with Crippen LogP contribution in [-0.2, 0) is 11.3 Å². The van der Waals surface area contributed by atoms with Gasteiger partial charge in [-0.2, -0.15) is 0 Å². The molecule has 1 fully saturated rings. The number of hydrogen-bond acceptors (Lipinski definition) is 4. The van der Waals surface area contributed by atoms with Crippen molar-refractivity contribution in [2.45, 2.75) is 31.8 Å². The van der Waals surface area contributed by atoms with Gasteiger partial charge < -0.3 is 10.2 Å². The smallest absolute Gasteiger partial charge is 0.328 e. The fourth-order valence-corrected chi connectivity index (χ4v) is 3.09. The average molecular weight is 281 g/mol. The van der Waals surface area contributed by atoms with Crippen molar-refractivity contribution in [1.82, 2.24) is 4.90 Å². The van der Waals surface area contributed by atoms with E-state index >= 15 is 0 Å². The van der Waals surface area contributed by atoms with Crippen LogP contribution >= 0.6 is 11.3 Å².